The summed E-state index contributed by atoms with van der Waals surface area (Å²) in [5, 5.41) is 25.7. The molecule has 1 heterocycles. The lowest BCUT2D eigenvalue weighted by molar-refractivity contribution is 0.0689. The molecule has 1 aromatic heterocycles. The minimum Gasteiger partial charge on any atom is -0.476 e. The van der Waals surface area contributed by atoms with Gasteiger partial charge in [-0.05, 0) is 48.2 Å². The minimum atomic E-state index is -1.16. The SMILES string of the molecule is N#Cc1ccc(-c2ccc(-n3nnc(C(=O)O)c3C3CC3)c(F)c2)cc1. The Balaban J connectivity index is 1.75. The zero-order valence-corrected chi connectivity index (χ0v) is 13.6. The number of rotatable bonds is 4. The molecule has 7 heteroatoms. The molecule has 1 aliphatic carbocycles. The second kappa shape index (κ2) is 6.08. The van der Waals surface area contributed by atoms with Crippen molar-refractivity contribution >= 4 is 5.97 Å². The molecule has 0 saturated heterocycles. The lowest BCUT2D eigenvalue weighted by atomic mass is 10.0. The van der Waals surface area contributed by atoms with Crippen molar-refractivity contribution in [1.29, 1.82) is 5.26 Å². The number of benzene rings is 2. The molecule has 1 fully saturated rings. The highest BCUT2D eigenvalue weighted by atomic mass is 19.1. The Morgan fingerprint density at radius 1 is 1.19 bits per heavy atom. The van der Waals surface area contributed by atoms with Gasteiger partial charge in [-0.3, -0.25) is 0 Å². The Bertz CT molecular complexity index is 1050. The van der Waals surface area contributed by atoms with E-state index in [0.717, 1.165) is 18.4 Å². The predicted octanol–water partition coefficient (Wildman–Crippen LogP) is 3.52. The van der Waals surface area contributed by atoms with Crippen molar-refractivity contribution in [2.45, 2.75) is 18.8 Å². The highest BCUT2D eigenvalue weighted by Gasteiger charge is 2.34. The molecule has 128 valence electrons. The number of hydrogen-bond acceptors (Lipinski definition) is 4. The van der Waals surface area contributed by atoms with Gasteiger partial charge in [-0.2, -0.15) is 5.26 Å². The van der Waals surface area contributed by atoms with E-state index in [1.54, 1.807) is 36.4 Å². The van der Waals surface area contributed by atoms with E-state index in [0.29, 0.717) is 16.8 Å². The molecular formula is C19H13FN4O2. The number of aromatic nitrogens is 3. The minimum absolute atomic E-state index is 0.0497. The predicted molar refractivity (Wildman–Crippen MR) is 90.4 cm³/mol. The molecule has 1 aliphatic rings. The van der Waals surface area contributed by atoms with Crippen LogP contribution in [0.5, 0.6) is 0 Å². The lowest BCUT2D eigenvalue weighted by Gasteiger charge is -2.09. The number of aromatic carboxylic acids is 1. The Kier molecular flexibility index (Phi) is 3.73. The lowest BCUT2D eigenvalue weighted by Crippen LogP contribution is -2.07. The number of hydrogen-bond donors (Lipinski definition) is 1. The normalized spacial score (nSPS) is 13.4. The third kappa shape index (κ3) is 2.71. The van der Waals surface area contributed by atoms with Crippen molar-refractivity contribution in [2.75, 3.05) is 0 Å². The number of nitrogens with zero attached hydrogens (tertiary/aromatic N) is 4. The molecule has 0 unspecified atom stereocenters. The van der Waals surface area contributed by atoms with E-state index in [1.807, 2.05) is 6.07 Å². The Labute approximate surface area is 148 Å². The van der Waals surface area contributed by atoms with Crippen LogP contribution >= 0.6 is 0 Å². The molecule has 0 atom stereocenters. The zero-order chi connectivity index (χ0) is 18.3. The maximum Gasteiger partial charge on any atom is 0.358 e. The summed E-state index contributed by atoms with van der Waals surface area (Å²) in [5.41, 5.74) is 2.46. The van der Waals surface area contributed by atoms with Crippen LogP contribution in [-0.2, 0) is 0 Å². The first-order chi connectivity index (χ1) is 12.6. The Morgan fingerprint density at radius 2 is 1.88 bits per heavy atom. The first-order valence-electron chi connectivity index (χ1n) is 8.08. The fourth-order valence-corrected chi connectivity index (χ4v) is 2.94. The summed E-state index contributed by atoms with van der Waals surface area (Å²) in [6.07, 6.45) is 1.69. The van der Waals surface area contributed by atoms with Gasteiger partial charge in [0, 0.05) is 5.92 Å². The maximum absolute atomic E-state index is 14.8. The molecule has 4 rings (SSSR count). The largest absolute Gasteiger partial charge is 0.476 e. The van der Waals surface area contributed by atoms with Gasteiger partial charge in [-0.1, -0.05) is 23.4 Å². The third-order valence-corrected chi connectivity index (χ3v) is 4.39. The fourth-order valence-electron chi connectivity index (χ4n) is 2.94. The van der Waals surface area contributed by atoms with E-state index in [9.17, 15) is 14.3 Å². The van der Waals surface area contributed by atoms with E-state index in [4.69, 9.17) is 5.26 Å². The van der Waals surface area contributed by atoms with Crippen LogP contribution in [0.15, 0.2) is 42.5 Å². The molecule has 3 aromatic rings. The number of nitriles is 1. The summed E-state index contributed by atoms with van der Waals surface area (Å²) in [4.78, 5) is 11.3. The number of halogens is 1. The Morgan fingerprint density at radius 3 is 2.46 bits per heavy atom. The second-order valence-electron chi connectivity index (χ2n) is 6.17. The third-order valence-electron chi connectivity index (χ3n) is 4.39. The van der Waals surface area contributed by atoms with Crippen LogP contribution in [0.2, 0.25) is 0 Å². The van der Waals surface area contributed by atoms with Gasteiger partial charge in [0.15, 0.2) is 5.69 Å². The number of carboxylic acid groups (broad SMARTS) is 1. The molecular weight excluding hydrogens is 335 g/mol. The Hall–Kier alpha value is -3.53. The fraction of sp³-hybridized carbons (Fsp3) is 0.158. The summed E-state index contributed by atoms with van der Waals surface area (Å²) in [6, 6.07) is 13.6. The molecule has 2 aromatic carbocycles. The summed E-state index contributed by atoms with van der Waals surface area (Å²) < 4.78 is 16.0. The van der Waals surface area contributed by atoms with E-state index < -0.39 is 11.8 Å². The molecule has 1 N–H and O–H groups in total. The van der Waals surface area contributed by atoms with Crippen LogP contribution in [0.3, 0.4) is 0 Å². The zero-order valence-electron chi connectivity index (χ0n) is 13.6. The van der Waals surface area contributed by atoms with E-state index in [2.05, 4.69) is 10.3 Å². The molecule has 6 nitrogen and oxygen atoms in total. The van der Waals surface area contributed by atoms with Crippen molar-refractivity contribution in [3.8, 4) is 22.9 Å². The molecule has 1 saturated carbocycles. The van der Waals surface area contributed by atoms with Crippen molar-refractivity contribution in [1.82, 2.24) is 15.0 Å². The first-order valence-corrected chi connectivity index (χ1v) is 8.08. The van der Waals surface area contributed by atoms with Gasteiger partial charge in [0.25, 0.3) is 0 Å². The van der Waals surface area contributed by atoms with Crippen LogP contribution < -0.4 is 0 Å². The van der Waals surface area contributed by atoms with Crippen LogP contribution in [0.4, 0.5) is 4.39 Å². The van der Waals surface area contributed by atoms with Gasteiger partial charge in [0.2, 0.25) is 0 Å². The van der Waals surface area contributed by atoms with Crippen LogP contribution in [0.25, 0.3) is 16.8 Å². The molecule has 0 amide bonds. The van der Waals surface area contributed by atoms with Gasteiger partial charge in [-0.15, -0.1) is 5.10 Å². The van der Waals surface area contributed by atoms with Crippen molar-refractivity contribution in [2.24, 2.45) is 0 Å². The monoisotopic (exact) mass is 348 g/mol. The second-order valence-corrected chi connectivity index (χ2v) is 6.17. The van der Waals surface area contributed by atoms with E-state index in [1.165, 1.54) is 10.7 Å². The van der Waals surface area contributed by atoms with E-state index in [-0.39, 0.29) is 17.3 Å². The highest BCUT2D eigenvalue weighted by molar-refractivity contribution is 5.87. The van der Waals surface area contributed by atoms with Crippen molar-refractivity contribution < 1.29 is 14.3 Å². The molecule has 0 radical (unpaired) electrons. The topological polar surface area (TPSA) is 91.8 Å². The van der Waals surface area contributed by atoms with Gasteiger partial charge in [-0.25, -0.2) is 13.9 Å². The summed E-state index contributed by atoms with van der Waals surface area (Å²) in [7, 11) is 0. The number of carboxylic acids is 1. The highest BCUT2D eigenvalue weighted by Crippen LogP contribution is 2.42. The van der Waals surface area contributed by atoms with E-state index >= 15 is 0 Å². The van der Waals surface area contributed by atoms with Crippen LogP contribution in [-0.4, -0.2) is 26.1 Å². The quantitative estimate of drug-likeness (QED) is 0.779. The summed E-state index contributed by atoms with van der Waals surface area (Å²) in [6.45, 7) is 0. The van der Waals surface area contributed by atoms with Gasteiger partial charge >= 0.3 is 5.97 Å². The average molecular weight is 348 g/mol. The van der Waals surface area contributed by atoms with Gasteiger partial charge < -0.3 is 5.11 Å². The molecule has 26 heavy (non-hydrogen) atoms. The molecule has 0 spiro atoms. The number of carbonyl (C=O) groups is 1. The summed E-state index contributed by atoms with van der Waals surface area (Å²) in [5.74, 6) is -1.63. The standard InChI is InChI=1S/C19H13FN4O2/c20-15-9-14(12-3-1-11(10-21)2-4-12)7-8-16(15)24-18(13-5-6-13)17(19(25)26)22-23-24/h1-4,7-9,13H,5-6H2,(H,25,26). The molecule has 0 aliphatic heterocycles. The molecule has 0 bridgehead atoms. The van der Waals surface area contributed by atoms with Crippen molar-refractivity contribution in [3.63, 3.8) is 0 Å². The summed E-state index contributed by atoms with van der Waals surface area (Å²) >= 11 is 0. The van der Waals surface area contributed by atoms with Crippen LogP contribution in [0.1, 0.15) is 40.5 Å². The first kappa shape index (κ1) is 16.0. The van der Waals surface area contributed by atoms with Crippen LogP contribution in [0, 0.1) is 17.1 Å². The van der Waals surface area contributed by atoms with Crippen molar-refractivity contribution in [3.05, 3.63) is 65.2 Å². The van der Waals surface area contributed by atoms with Gasteiger partial charge in [0.1, 0.15) is 11.5 Å². The van der Waals surface area contributed by atoms with Gasteiger partial charge in [0.05, 0.1) is 17.3 Å². The average Bonchev–Trinajstić information content (AvgIpc) is 3.40. The maximum atomic E-state index is 14.8. The smallest absolute Gasteiger partial charge is 0.358 e.